The van der Waals surface area contributed by atoms with Crippen molar-refractivity contribution >= 4 is 21.1 Å². The lowest BCUT2D eigenvalue weighted by atomic mass is 9.91. The van der Waals surface area contributed by atoms with E-state index in [2.05, 4.69) is 16.0 Å². The first kappa shape index (κ1) is 15.4. The van der Waals surface area contributed by atoms with E-state index in [1.165, 1.54) is 5.56 Å². The maximum absolute atomic E-state index is 12.7. The topological polar surface area (TPSA) is 66.1 Å². The van der Waals surface area contributed by atoms with E-state index in [0.29, 0.717) is 23.9 Å². The van der Waals surface area contributed by atoms with Crippen molar-refractivity contribution in [3.05, 3.63) is 60.4 Å². The van der Waals surface area contributed by atoms with Gasteiger partial charge < -0.3 is 4.98 Å². The number of pyridine rings is 1. The van der Waals surface area contributed by atoms with Gasteiger partial charge in [0.15, 0.2) is 0 Å². The molecule has 3 aromatic rings. The Kier molecular flexibility index (Phi) is 3.86. The van der Waals surface area contributed by atoms with Crippen LogP contribution in [0.25, 0.3) is 11.0 Å². The van der Waals surface area contributed by atoms with Crippen molar-refractivity contribution in [1.29, 1.82) is 0 Å². The first-order valence-electron chi connectivity index (χ1n) is 8.13. The smallest absolute Gasteiger partial charge is 0.243 e. The van der Waals surface area contributed by atoms with Crippen LogP contribution in [0, 0.1) is 0 Å². The summed E-state index contributed by atoms with van der Waals surface area (Å²) in [6.07, 6.45) is 5.44. The molecule has 24 heavy (non-hydrogen) atoms. The zero-order chi connectivity index (χ0) is 16.6. The lowest BCUT2D eigenvalue weighted by molar-refractivity contribution is 0.319. The van der Waals surface area contributed by atoms with Gasteiger partial charge in [-0.3, -0.25) is 0 Å². The number of benzene rings is 1. The van der Waals surface area contributed by atoms with Crippen LogP contribution in [0.5, 0.6) is 0 Å². The number of aromatic nitrogens is 2. The summed E-state index contributed by atoms with van der Waals surface area (Å²) >= 11 is 0. The monoisotopic (exact) mass is 341 g/mol. The SMILES string of the molecule is O=S(=O)(c1ccccc1)N1CCC(c2cnc3[nH]ccc3c2)CC1. The summed E-state index contributed by atoms with van der Waals surface area (Å²) in [5, 5.41) is 1.10. The molecule has 1 N–H and O–H groups in total. The number of sulfonamides is 1. The molecule has 2 aromatic heterocycles. The van der Waals surface area contributed by atoms with Crippen molar-refractivity contribution in [2.24, 2.45) is 0 Å². The van der Waals surface area contributed by atoms with Crippen molar-refractivity contribution in [3.8, 4) is 0 Å². The minimum absolute atomic E-state index is 0.360. The maximum Gasteiger partial charge on any atom is 0.243 e. The van der Waals surface area contributed by atoms with Crippen LogP contribution in [0.4, 0.5) is 0 Å². The second-order valence-corrected chi connectivity index (χ2v) is 8.11. The number of H-pyrrole nitrogens is 1. The van der Waals surface area contributed by atoms with Crippen molar-refractivity contribution in [2.45, 2.75) is 23.7 Å². The zero-order valence-corrected chi connectivity index (χ0v) is 14.0. The second-order valence-electron chi connectivity index (χ2n) is 6.18. The third-order valence-corrected chi connectivity index (χ3v) is 6.64. The molecule has 1 aliphatic rings. The zero-order valence-electron chi connectivity index (χ0n) is 13.2. The second kappa shape index (κ2) is 6.03. The van der Waals surface area contributed by atoms with E-state index >= 15 is 0 Å². The minimum Gasteiger partial charge on any atom is -0.346 e. The molecule has 124 valence electrons. The third-order valence-electron chi connectivity index (χ3n) is 4.73. The predicted molar refractivity (Wildman–Crippen MR) is 93.3 cm³/mol. The van der Waals surface area contributed by atoms with Gasteiger partial charge in [-0.15, -0.1) is 0 Å². The van der Waals surface area contributed by atoms with Gasteiger partial charge in [-0.25, -0.2) is 13.4 Å². The number of aromatic amines is 1. The van der Waals surface area contributed by atoms with E-state index in [-0.39, 0.29) is 0 Å². The highest BCUT2D eigenvalue weighted by Gasteiger charge is 2.29. The summed E-state index contributed by atoms with van der Waals surface area (Å²) in [7, 11) is -3.38. The van der Waals surface area contributed by atoms with Crippen LogP contribution in [-0.2, 0) is 10.0 Å². The van der Waals surface area contributed by atoms with Gasteiger partial charge in [-0.1, -0.05) is 18.2 Å². The highest BCUT2D eigenvalue weighted by Crippen LogP contribution is 2.31. The Bertz CT molecular complexity index is 943. The fourth-order valence-electron chi connectivity index (χ4n) is 3.35. The molecule has 3 heterocycles. The summed E-state index contributed by atoms with van der Waals surface area (Å²) in [4.78, 5) is 7.91. The number of nitrogens with one attached hydrogen (secondary N) is 1. The summed E-state index contributed by atoms with van der Waals surface area (Å²) in [5.74, 6) is 0.360. The summed E-state index contributed by atoms with van der Waals surface area (Å²) in [5.41, 5.74) is 2.08. The van der Waals surface area contributed by atoms with Gasteiger partial charge in [0, 0.05) is 30.9 Å². The molecule has 0 amide bonds. The van der Waals surface area contributed by atoms with Crippen LogP contribution >= 0.6 is 0 Å². The first-order valence-corrected chi connectivity index (χ1v) is 9.57. The highest BCUT2D eigenvalue weighted by atomic mass is 32.2. The molecular formula is C18H19N3O2S. The number of hydrogen-bond acceptors (Lipinski definition) is 3. The van der Waals surface area contributed by atoms with Gasteiger partial charge in [-0.05, 0) is 48.6 Å². The summed E-state index contributed by atoms with van der Waals surface area (Å²) < 4.78 is 27.0. The van der Waals surface area contributed by atoms with Crippen LogP contribution in [0.3, 0.4) is 0 Å². The molecule has 4 rings (SSSR count). The van der Waals surface area contributed by atoms with Crippen LogP contribution in [0.2, 0.25) is 0 Å². The summed E-state index contributed by atoms with van der Waals surface area (Å²) in [6, 6.07) is 12.8. The van der Waals surface area contributed by atoms with Crippen molar-refractivity contribution < 1.29 is 8.42 Å². The molecule has 0 unspecified atom stereocenters. The Morgan fingerprint density at radius 1 is 1.08 bits per heavy atom. The number of hydrogen-bond donors (Lipinski definition) is 1. The predicted octanol–water partition coefficient (Wildman–Crippen LogP) is 3.13. The highest BCUT2D eigenvalue weighted by molar-refractivity contribution is 7.89. The Morgan fingerprint density at radius 2 is 1.83 bits per heavy atom. The Balaban J connectivity index is 1.50. The number of piperidine rings is 1. The molecule has 0 spiro atoms. The molecule has 5 nitrogen and oxygen atoms in total. The normalized spacial score (nSPS) is 17.3. The van der Waals surface area contributed by atoms with Gasteiger partial charge in [0.2, 0.25) is 10.0 Å². The van der Waals surface area contributed by atoms with E-state index in [1.807, 2.05) is 24.5 Å². The van der Waals surface area contributed by atoms with Crippen LogP contribution in [-0.4, -0.2) is 35.8 Å². The quantitative estimate of drug-likeness (QED) is 0.796. The van der Waals surface area contributed by atoms with Crippen LogP contribution in [0.15, 0.2) is 59.8 Å². The molecule has 0 saturated carbocycles. The summed E-state index contributed by atoms with van der Waals surface area (Å²) in [6.45, 7) is 1.10. The Hall–Kier alpha value is -2.18. The van der Waals surface area contributed by atoms with E-state index in [1.54, 1.807) is 28.6 Å². The molecule has 0 radical (unpaired) electrons. The van der Waals surface area contributed by atoms with E-state index < -0.39 is 10.0 Å². The lowest BCUT2D eigenvalue weighted by Gasteiger charge is -2.31. The Labute approximate surface area is 141 Å². The van der Waals surface area contributed by atoms with Gasteiger partial charge >= 0.3 is 0 Å². The van der Waals surface area contributed by atoms with Gasteiger partial charge in [0.05, 0.1) is 4.90 Å². The molecule has 6 heteroatoms. The fraction of sp³-hybridized carbons (Fsp3) is 0.278. The molecule has 1 aromatic carbocycles. The number of rotatable bonds is 3. The van der Waals surface area contributed by atoms with Crippen molar-refractivity contribution in [1.82, 2.24) is 14.3 Å². The Morgan fingerprint density at radius 3 is 2.58 bits per heavy atom. The van der Waals surface area contributed by atoms with Gasteiger partial charge in [0.1, 0.15) is 5.65 Å². The molecule has 0 aliphatic carbocycles. The molecular weight excluding hydrogens is 322 g/mol. The average Bonchev–Trinajstić information content (AvgIpc) is 3.10. The van der Waals surface area contributed by atoms with E-state index in [4.69, 9.17) is 0 Å². The van der Waals surface area contributed by atoms with Crippen LogP contribution < -0.4 is 0 Å². The molecule has 0 bridgehead atoms. The standard InChI is InChI=1S/C18H19N3O2S/c22-24(23,17-4-2-1-3-5-17)21-10-7-14(8-11-21)16-12-15-6-9-19-18(15)20-13-16/h1-6,9,12-14H,7-8,10-11H2,(H,19,20). The van der Waals surface area contributed by atoms with E-state index in [9.17, 15) is 8.42 Å². The average molecular weight is 341 g/mol. The molecule has 1 fully saturated rings. The molecule has 0 atom stereocenters. The van der Waals surface area contributed by atoms with Gasteiger partial charge in [-0.2, -0.15) is 4.31 Å². The fourth-order valence-corrected chi connectivity index (χ4v) is 4.84. The largest absolute Gasteiger partial charge is 0.346 e. The van der Waals surface area contributed by atoms with Crippen LogP contribution in [0.1, 0.15) is 24.3 Å². The van der Waals surface area contributed by atoms with Crippen molar-refractivity contribution in [2.75, 3.05) is 13.1 Å². The first-order chi connectivity index (χ1) is 11.6. The van der Waals surface area contributed by atoms with Gasteiger partial charge in [0.25, 0.3) is 0 Å². The lowest BCUT2D eigenvalue weighted by Crippen LogP contribution is -2.37. The third kappa shape index (κ3) is 2.72. The number of fused-ring (bicyclic) bond motifs is 1. The maximum atomic E-state index is 12.7. The minimum atomic E-state index is -3.38. The van der Waals surface area contributed by atoms with Crippen molar-refractivity contribution in [3.63, 3.8) is 0 Å². The van der Waals surface area contributed by atoms with E-state index in [0.717, 1.165) is 23.9 Å². The molecule has 1 saturated heterocycles. The molecule has 1 aliphatic heterocycles. The number of nitrogens with zero attached hydrogens (tertiary/aromatic N) is 2.